The smallest absolute Gasteiger partial charge is 0.0702 e. The molecule has 0 spiro atoms. The van der Waals surface area contributed by atoms with Crippen LogP contribution in [0.1, 0.15) is 49.4 Å². The second kappa shape index (κ2) is 6.25. The zero-order valence-electron chi connectivity index (χ0n) is 11.4. The van der Waals surface area contributed by atoms with E-state index in [1.165, 1.54) is 53.7 Å². The van der Waals surface area contributed by atoms with Crippen molar-refractivity contribution in [2.24, 2.45) is 11.7 Å². The van der Waals surface area contributed by atoms with Gasteiger partial charge in [-0.05, 0) is 66.2 Å². The summed E-state index contributed by atoms with van der Waals surface area (Å²) in [5.74, 6) is 0.931. The Morgan fingerprint density at radius 1 is 1.26 bits per heavy atom. The number of thiophene rings is 1. The van der Waals surface area contributed by atoms with Crippen molar-refractivity contribution in [1.29, 1.82) is 0 Å². The summed E-state index contributed by atoms with van der Waals surface area (Å²) in [4.78, 5) is 4.15. The standard InChI is InChI=1S/C15H23BrN2S/c16-15-8-7-14(19-15)13(10-17)18-9-3-6-12(18)11-4-1-2-5-11/h7-8,11-13H,1-6,9-10,17H2. The predicted molar refractivity (Wildman–Crippen MR) is 85.5 cm³/mol. The average molecular weight is 343 g/mol. The Morgan fingerprint density at radius 2 is 2.05 bits per heavy atom. The van der Waals surface area contributed by atoms with Crippen LogP contribution in [0.5, 0.6) is 0 Å². The average Bonchev–Trinajstić information content (AvgIpc) is 3.10. The zero-order chi connectivity index (χ0) is 13.2. The van der Waals surface area contributed by atoms with Crippen LogP contribution in [0.2, 0.25) is 0 Å². The second-order valence-electron chi connectivity index (χ2n) is 5.89. The van der Waals surface area contributed by atoms with E-state index in [4.69, 9.17) is 5.73 Å². The van der Waals surface area contributed by atoms with E-state index in [2.05, 4.69) is 33.0 Å². The van der Waals surface area contributed by atoms with Gasteiger partial charge in [0.15, 0.2) is 0 Å². The van der Waals surface area contributed by atoms with Gasteiger partial charge in [0.05, 0.1) is 9.83 Å². The van der Waals surface area contributed by atoms with Crippen molar-refractivity contribution in [3.8, 4) is 0 Å². The highest BCUT2D eigenvalue weighted by Gasteiger charge is 2.37. The van der Waals surface area contributed by atoms with E-state index in [1.807, 2.05) is 11.3 Å². The lowest BCUT2D eigenvalue weighted by Crippen LogP contribution is -2.40. The van der Waals surface area contributed by atoms with Gasteiger partial charge in [-0.2, -0.15) is 0 Å². The number of hydrogen-bond acceptors (Lipinski definition) is 3. The molecular formula is C15H23BrN2S. The van der Waals surface area contributed by atoms with Crippen molar-refractivity contribution < 1.29 is 0 Å². The molecule has 2 nitrogen and oxygen atoms in total. The maximum atomic E-state index is 6.10. The topological polar surface area (TPSA) is 29.3 Å². The normalized spacial score (nSPS) is 27.2. The van der Waals surface area contributed by atoms with E-state index >= 15 is 0 Å². The molecule has 2 N–H and O–H groups in total. The number of likely N-dealkylation sites (tertiary alicyclic amines) is 1. The van der Waals surface area contributed by atoms with Crippen LogP contribution in [0, 0.1) is 5.92 Å². The second-order valence-corrected chi connectivity index (χ2v) is 8.38. The maximum Gasteiger partial charge on any atom is 0.0702 e. The Morgan fingerprint density at radius 3 is 2.68 bits per heavy atom. The number of hydrogen-bond donors (Lipinski definition) is 1. The fourth-order valence-electron chi connectivity index (χ4n) is 3.97. The van der Waals surface area contributed by atoms with Gasteiger partial charge in [-0.3, -0.25) is 4.90 Å². The summed E-state index contributed by atoms with van der Waals surface area (Å²) in [7, 11) is 0. The Bertz CT molecular complexity index is 414. The highest BCUT2D eigenvalue weighted by Crippen LogP contribution is 2.40. The van der Waals surface area contributed by atoms with Gasteiger partial charge in [-0.1, -0.05) is 12.8 Å². The highest BCUT2D eigenvalue weighted by atomic mass is 79.9. The van der Waals surface area contributed by atoms with Gasteiger partial charge >= 0.3 is 0 Å². The summed E-state index contributed by atoms with van der Waals surface area (Å²) in [6.07, 6.45) is 8.48. The molecule has 2 unspecified atom stereocenters. The van der Waals surface area contributed by atoms with Crippen molar-refractivity contribution >= 4 is 27.3 Å². The van der Waals surface area contributed by atoms with Gasteiger partial charge in [-0.15, -0.1) is 11.3 Å². The van der Waals surface area contributed by atoms with Crippen molar-refractivity contribution in [2.75, 3.05) is 13.1 Å². The first-order chi connectivity index (χ1) is 9.29. The number of nitrogens with zero attached hydrogens (tertiary/aromatic N) is 1. The third-order valence-electron chi connectivity index (χ3n) is 4.83. The van der Waals surface area contributed by atoms with Gasteiger partial charge in [0.25, 0.3) is 0 Å². The Labute approximate surface area is 128 Å². The van der Waals surface area contributed by atoms with Gasteiger partial charge < -0.3 is 5.73 Å². The molecule has 1 aromatic heterocycles. The molecule has 2 atom stereocenters. The van der Waals surface area contributed by atoms with Crippen LogP contribution in [0.15, 0.2) is 15.9 Å². The first kappa shape index (κ1) is 14.1. The highest BCUT2D eigenvalue weighted by molar-refractivity contribution is 9.11. The minimum absolute atomic E-state index is 0.435. The lowest BCUT2D eigenvalue weighted by atomic mass is 9.95. The van der Waals surface area contributed by atoms with E-state index in [9.17, 15) is 0 Å². The lowest BCUT2D eigenvalue weighted by Gasteiger charge is -2.35. The van der Waals surface area contributed by atoms with Gasteiger partial charge in [0.2, 0.25) is 0 Å². The molecule has 3 rings (SSSR count). The molecule has 1 aliphatic carbocycles. The van der Waals surface area contributed by atoms with Crippen LogP contribution in [-0.2, 0) is 0 Å². The molecule has 0 radical (unpaired) electrons. The van der Waals surface area contributed by atoms with Crippen LogP contribution in [-0.4, -0.2) is 24.0 Å². The first-order valence-corrected chi connectivity index (χ1v) is 9.11. The SMILES string of the molecule is NCC(c1ccc(Br)s1)N1CCCC1C1CCCC1. The van der Waals surface area contributed by atoms with Crippen molar-refractivity contribution in [3.05, 3.63) is 20.8 Å². The summed E-state index contributed by atoms with van der Waals surface area (Å²) < 4.78 is 1.22. The van der Waals surface area contributed by atoms with Crippen LogP contribution in [0.3, 0.4) is 0 Å². The minimum Gasteiger partial charge on any atom is -0.329 e. The quantitative estimate of drug-likeness (QED) is 0.889. The Balaban J connectivity index is 1.77. The maximum absolute atomic E-state index is 6.10. The van der Waals surface area contributed by atoms with Crippen LogP contribution in [0.25, 0.3) is 0 Å². The van der Waals surface area contributed by atoms with Crippen molar-refractivity contribution in [2.45, 2.75) is 50.6 Å². The summed E-state index contributed by atoms with van der Waals surface area (Å²) in [6, 6.07) is 5.63. The van der Waals surface area contributed by atoms with Gasteiger partial charge in [0, 0.05) is 17.5 Å². The van der Waals surface area contributed by atoms with Crippen LogP contribution < -0.4 is 5.73 Å². The number of halogens is 1. The number of nitrogens with two attached hydrogens (primary N) is 1. The third-order valence-corrected chi connectivity index (χ3v) is 6.56. The molecule has 1 aliphatic heterocycles. The number of rotatable bonds is 4. The van der Waals surface area contributed by atoms with Crippen LogP contribution in [0.4, 0.5) is 0 Å². The molecule has 1 aromatic rings. The zero-order valence-corrected chi connectivity index (χ0v) is 13.8. The summed E-state index contributed by atoms with van der Waals surface area (Å²) in [5, 5.41) is 0. The molecule has 2 heterocycles. The summed E-state index contributed by atoms with van der Waals surface area (Å²) in [5.41, 5.74) is 6.10. The van der Waals surface area contributed by atoms with Gasteiger partial charge in [-0.25, -0.2) is 0 Å². The largest absolute Gasteiger partial charge is 0.329 e. The molecule has 2 aliphatic rings. The first-order valence-electron chi connectivity index (χ1n) is 7.50. The van der Waals surface area contributed by atoms with Gasteiger partial charge in [0.1, 0.15) is 0 Å². The molecule has 19 heavy (non-hydrogen) atoms. The predicted octanol–water partition coefficient (Wildman–Crippen LogP) is 4.17. The van der Waals surface area contributed by atoms with E-state index in [-0.39, 0.29) is 0 Å². The van der Waals surface area contributed by atoms with Crippen LogP contribution >= 0.6 is 27.3 Å². The van der Waals surface area contributed by atoms with E-state index in [0.29, 0.717) is 6.04 Å². The fourth-order valence-corrected chi connectivity index (χ4v) is 5.53. The molecule has 1 saturated carbocycles. The lowest BCUT2D eigenvalue weighted by molar-refractivity contribution is 0.140. The van der Waals surface area contributed by atoms with E-state index in [0.717, 1.165) is 18.5 Å². The monoisotopic (exact) mass is 342 g/mol. The molecule has 106 valence electrons. The fraction of sp³-hybridized carbons (Fsp3) is 0.733. The third kappa shape index (κ3) is 2.92. The molecule has 2 fully saturated rings. The Kier molecular flexibility index (Phi) is 4.62. The summed E-state index contributed by atoms with van der Waals surface area (Å²) >= 11 is 5.43. The van der Waals surface area contributed by atoms with Crippen molar-refractivity contribution in [1.82, 2.24) is 4.90 Å². The molecule has 0 amide bonds. The molecule has 0 aromatic carbocycles. The molecule has 1 saturated heterocycles. The van der Waals surface area contributed by atoms with E-state index < -0.39 is 0 Å². The molecular weight excluding hydrogens is 320 g/mol. The Hall–Kier alpha value is 0.1000. The molecule has 0 bridgehead atoms. The molecule has 4 heteroatoms. The summed E-state index contributed by atoms with van der Waals surface area (Å²) in [6.45, 7) is 1.98. The minimum atomic E-state index is 0.435. The van der Waals surface area contributed by atoms with Crippen molar-refractivity contribution in [3.63, 3.8) is 0 Å². The van der Waals surface area contributed by atoms with E-state index in [1.54, 1.807) is 0 Å².